The molecule has 0 unspecified atom stereocenters. The number of sulfonamides is 1. The Morgan fingerprint density at radius 1 is 1.05 bits per heavy atom. The molecule has 0 aliphatic carbocycles. The molecule has 3 heterocycles. The topological polar surface area (TPSA) is 171 Å². The zero-order valence-corrected chi connectivity index (χ0v) is 24.5. The lowest BCUT2D eigenvalue weighted by Crippen LogP contribution is -2.35. The lowest BCUT2D eigenvalue weighted by Gasteiger charge is -2.26. The molecular weight excluding hydrogens is 564 g/mol. The van der Waals surface area contributed by atoms with Crippen molar-refractivity contribution in [3.05, 3.63) is 54.5 Å². The molecule has 42 heavy (non-hydrogen) atoms. The number of carbonyl (C=O) groups excluding carboxylic acids is 1. The predicted molar refractivity (Wildman–Crippen MR) is 157 cm³/mol. The van der Waals surface area contributed by atoms with Gasteiger partial charge in [0.05, 0.1) is 12.5 Å². The Morgan fingerprint density at radius 3 is 2.26 bits per heavy atom. The molecule has 1 fully saturated rings. The second-order valence-corrected chi connectivity index (χ2v) is 11.4. The van der Waals surface area contributed by atoms with E-state index in [9.17, 15) is 23.1 Å². The largest absolute Gasteiger partial charge is 0.480 e. The molecule has 1 aliphatic heterocycles. The zero-order valence-electron chi connectivity index (χ0n) is 23.7. The minimum absolute atomic E-state index is 0.0143. The summed E-state index contributed by atoms with van der Waals surface area (Å²) in [6.07, 6.45) is 6.57. The van der Waals surface area contributed by atoms with E-state index in [0.29, 0.717) is 43.4 Å². The molecule has 3 aromatic rings. The highest BCUT2D eigenvalue weighted by molar-refractivity contribution is 7.92. The molecule has 224 valence electrons. The van der Waals surface area contributed by atoms with Crippen LogP contribution in [0.4, 0.5) is 28.2 Å². The summed E-state index contributed by atoms with van der Waals surface area (Å²) < 4.78 is 32.1. The van der Waals surface area contributed by atoms with Crippen LogP contribution in [0.5, 0.6) is 5.75 Å². The maximum absolute atomic E-state index is 12.9. The van der Waals surface area contributed by atoms with Crippen molar-refractivity contribution in [3.63, 3.8) is 0 Å². The lowest BCUT2D eigenvalue weighted by molar-refractivity contribution is -0.137. The van der Waals surface area contributed by atoms with Gasteiger partial charge in [0, 0.05) is 45.0 Å². The first-order valence-corrected chi connectivity index (χ1v) is 15.4. The monoisotopic (exact) mass is 598 g/mol. The number of aromatic nitrogens is 4. The second kappa shape index (κ2) is 13.4. The molecule has 1 atom stereocenters. The highest BCUT2D eigenvalue weighted by Gasteiger charge is 2.29. The van der Waals surface area contributed by atoms with Gasteiger partial charge in [-0.15, -0.1) is 0 Å². The first-order chi connectivity index (χ1) is 20.1. The average molecular weight is 599 g/mol. The van der Waals surface area contributed by atoms with Gasteiger partial charge in [-0.05, 0) is 50.5 Å². The molecular formula is C27H34N8O6S. The van der Waals surface area contributed by atoms with Gasteiger partial charge in [0.2, 0.25) is 21.9 Å². The third kappa shape index (κ3) is 7.40. The first kappa shape index (κ1) is 30.4. The minimum Gasteiger partial charge on any atom is -0.480 e. The van der Waals surface area contributed by atoms with E-state index in [2.05, 4.69) is 25.3 Å². The van der Waals surface area contributed by atoms with Crippen molar-refractivity contribution >= 4 is 45.5 Å². The fourth-order valence-electron chi connectivity index (χ4n) is 4.47. The SMILES string of the molecule is CCN(CC)c1ncc(N(c2ncccn2)S(C)(=O)=O)c(N[C@@H](Cc2ccc(OC(=O)N3CCCC3)cc2)C(=O)O)n1. The molecule has 2 N–H and O–H groups in total. The summed E-state index contributed by atoms with van der Waals surface area (Å²) in [6, 6.07) is 6.89. The number of rotatable bonds is 12. The number of nitrogens with one attached hydrogen (secondary N) is 1. The van der Waals surface area contributed by atoms with Crippen molar-refractivity contribution in [1.82, 2.24) is 24.8 Å². The van der Waals surface area contributed by atoms with Crippen LogP contribution in [0.15, 0.2) is 48.9 Å². The van der Waals surface area contributed by atoms with Crippen LogP contribution >= 0.6 is 0 Å². The Hall–Kier alpha value is -4.53. The van der Waals surface area contributed by atoms with Crippen molar-refractivity contribution in [2.24, 2.45) is 0 Å². The molecule has 1 aromatic carbocycles. The lowest BCUT2D eigenvalue weighted by atomic mass is 10.1. The van der Waals surface area contributed by atoms with E-state index in [1.165, 1.54) is 18.6 Å². The molecule has 1 saturated heterocycles. The summed E-state index contributed by atoms with van der Waals surface area (Å²) >= 11 is 0. The number of carboxylic acids is 1. The summed E-state index contributed by atoms with van der Waals surface area (Å²) in [5.41, 5.74) is 0.608. The van der Waals surface area contributed by atoms with E-state index < -0.39 is 28.1 Å². The van der Waals surface area contributed by atoms with Gasteiger partial charge in [0.15, 0.2) is 5.82 Å². The average Bonchev–Trinajstić information content (AvgIpc) is 3.51. The number of aliphatic carboxylic acids is 1. The van der Waals surface area contributed by atoms with E-state index in [0.717, 1.165) is 23.4 Å². The van der Waals surface area contributed by atoms with Gasteiger partial charge in [-0.1, -0.05) is 12.1 Å². The van der Waals surface area contributed by atoms with Crippen LogP contribution in [0.2, 0.25) is 0 Å². The number of carbonyl (C=O) groups is 2. The summed E-state index contributed by atoms with van der Waals surface area (Å²) in [7, 11) is -3.99. The third-order valence-corrected chi connectivity index (χ3v) is 7.65. The highest BCUT2D eigenvalue weighted by Crippen LogP contribution is 2.32. The zero-order chi connectivity index (χ0) is 30.3. The van der Waals surface area contributed by atoms with E-state index in [1.54, 1.807) is 35.2 Å². The van der Waals surface area contributed by atoms with Crippen molar-refractivity contribution in [2.45, 2.75) is 39.2 Å². The quantitative estimate of drug-likeness (QED) is 0.313. The Labute approximate surface area is 244 Å². The fourth-order valence-corrected chi connectivity index (χ4v) is 5.35. The number of hydrogen-bond acceptors (Lipinski definition) is 11. The first-order valence-electron chi connectivity index (χ1n) is 13.5. The Balaban J connectivity index is 1.64. The molecule has 15 heteroatoms. The number of benzene rings is 1. The fraction of sp³-hybridized carbons (Fsp3) is 0.407. The van der Waals surface area contributed by atoms with Gasteiger partial charge in [-0.3, -0.25) is 0 Å². The smallest absolute Gasteiger partial charge is 0.415 e. The number of nitrogens with zero attached hydrogens (tertiary/aromatic N) is 7. The Bertz CT molecular complexity index is 1480. The van der Waals surface area contributed by atoms with Crippen LogP contribution < -0.4 is 19.3 Å². The summed E-state index contributed by atoms with van der Waals surface area (Å²) in [4.78, 5) is 45.2. The molecule has 1 aliphatic rings. The maximum atomic E-state index is 12.9. The van der Waals surface area contributed by atoms with Crippen molar-refractivity contribution < 1.29 is 27.9 Å². The van der Waals surface area contributed by atoms with Crippen molar-refractivity contribution in [1.29, 1.82) is 0 Å². The number of carboxylic acid groups (broad SMARTS) is 1. The van der Waals surface area contributed by atoms with E-state index in [4.69, 9.17) is 4.74 Å². The molecule has 1 amide bonds. The number of anilines is 4. The third-order valence-electron chi connectivity index (χ3n) is 6.63. The highest BCUT2D eigenvalue weighted by atomic mass is 32.2. The number of amides is 1. The second-order valence-electron chi connectivity index (χ2n) is 9.60. The van der Waals surface area contributed by atoms with E-state index in [1.807, 2.05) is 18.7 Å². The molecule has 4 rings (SSSR count). The maximum Gasteiger partial charge on any atom is 0.415 e. The van der Waals surface area contributed by atoms with Gasteiger partial charge >= 0.3 is 12.1 Å². The summed E-state index contributed by atoms with van der Waals surface area (Å²) in [5, 5.41) is 13.0. The van der Waals surface area contributed by atoms with E-state index >= 15 is 0 Å². The summed E-state index contributed by atoms with van der Waals surface area (Å²) in [5.74, 6) is -0.706. The van der Waals surface area contributed by atoms with E-state index in [-0.39, 0.29) is 23.9 Å². The predicted octanol–water partition coefficient (Wildman–Crippen LogP) is 2.91. The van der Waals surface area contributed by atoms with Crippen molar-refractivity contribution in [3.8, 4) is 5.75 Å². The van der Waals surface area contributed by atoms with Crippen LogP contribution in [-0.4, -0.2) is 88.9 Å². The van der Waals surface area contributed by atoms with Crippen LogP contribution in [0, 0.1) is 0 Å². The Morgan fingerprint density at radius 2 is 1.69 bits per heavy atom. The molecule has 0 spiro atoms. The van der Waals surface area contributed by atoms with Gasteiger partial charge in [-0.25, -0.2) is 33.0 Å². The number of likely N-dealkylation sites (tertiary alicyclic amines) is 1. The number of ether oxygens (including phenoxy) is 1. The summed E-state index contributed by atoms with van der Waals surface area (Å²) in [6.45, 7) is 6.31. The van der Waals surface area contributed by atoms with Gasteiger partial charge in [0.1, 0.15) is 17.5 Å². The van der Waals surface area contributed by atoms with Crippen molar-refractivity contribution in [2.75, 3.05) is 47.0 Å². The van der Waals surface area contributed by atoms with Crippen LogP contribution in [0.3, 0.4) is 0 Å². The van der Waals surface area contributed by atoms with Crippen LogP contribution in [-0.2, 0) is 21.2 Å². The normalized spacial score (nSPS) is 13.8. The van der Waals surface area contributed by atoms with Crippen LogP contribution in [0.1, 0.15) is 32.3 Å². The van der Waals surface area contributed by atoms with Crippen LogP contribution in [0.25, 0.3) is 0 Å². The standard InChI is InChI=1S/C27H34N8O6S/c1-4-33(5-2)26-30-18-22(35(42(3,39)40)25-28-13-8-14-29-25)23(32-26)31-21(24(36)37)17-19-9-11-20(12-10-19)41-27(38)34-15-6-7-16-34/h8-14,18,21H,4-7,15-17H2,1-3H3,(H,36,37)(H,30,31,32)/t21-/m0/s1. The molecule has 0 saturated carbocycles. The number of hydrogen-bond donors (Lipinski definition) is 2. The molecule has 0 radical (unpaired) electrons. The minimum atomic E-state index is -3.99. The molecule has 0 bridgehead atoms. The Kier molecular flexibility index (Phi) is 9.72. The van der Waals surface area contributed by atoms with Gasteiger partial charge < -0.3 is 25.0 Å². The van der Waals surface area contributed by atoms with Gasteiger partial charge in [0.25, 0.3) is 0 Å². The molecule has 2 aromatic heterocycles. The van der Waals surface area contributed by atoms with Gasteiger partial charge in [-0.2, -0.15) is 9.29 Å². The molecule has 14 nitrogen and oxygen atoms in total.